The number of allylic oxidation sites excluding steroid dienone is 2. The molecule has 0 N–H and O–H groups in total. The van der Waals surface area contributed by atoms with E-state index in [-0.39, 0.29) is 0 Å². The topological polar surface area (TPSA) is 25.2 Å². The summed E-state index contributed by atoms with van der Waals surface area (Å²) in [7, 11) is 1.78. The number of benzene rings is 1. The van der Waals surface area contributed by atoms with Crippen molar-refractivity contribution < 1.29 is 0 Å². The normalized spacial score (nSPS) is 13.8. The first kappa shape index (κ1) is 9.28. The minimum Gasteiger partial charge on any atom is -0.296 e. The van der Waals surface area contributed by atoms with E-state index in [0.717, 1.165) is 17.0 Å². The Morgan fingerprint density at radius 1 is 1.38 bits per heavy atom. The molecule has 0 aliphatic heterocycles. The highest BCUT2D eigenvalue weighted by Gasteiger charge is 2.23. The maximum absolute atomic E-state index is 4.64. The van der Waals surface area contributed by atoms with E-state index in [1.807, 2.05) is 19.2 Å². The van der Waals surface area contributed by atoms with E-state index in [9.17, 15) is 0 Å². The Hall–Kier alpha value is -1.96. The van der Waals surface area contributed by atoms with Gasteiger partial charge in [-0.3, -0.25) is 4.99 Å². The van der Waals surface area contributed by atoms with Crippen LogP contribution in [0.15, 0.2) is 35.3 Å². The van der Waals surface area contributed by atoms with Crippen LogP contribution in [-0.4, -0.2) is 18.2 Å². The Balaban J connectivity index is 2.18. The van der Waals surface area contributed by atoms with Gasteiger partial charge in [0.25, 0.3) is 0 Å². The number of rotatable bonds is 2. The standard InChI is InChI=1S/C14H12N2/c1-3-9(8-15-2)12-7-10-5-4-6-11-13(10)14(11)16-12/h3-8H,1-2H3/b9-3+,15-8?. The molecule has 0 saturated heterocycles. The molecule has 2 heteroatoms. The zero-order chi connectivity index (χ0) is 11.1. The second kappa shape index (κ2) is 3.27. The van der Waals surface area contributed by atoms with Gasteiger partial charge in [0.1, 0.15) is 0 Å². The number of nitrogens with zero attached hydrogens (tertiary/aromatic N) is 2. The van der Waals surface area contributed by atoms with Crippen LogP contribution < -0.4 is 0 Å². The van der Waals surface area contributed by atoms with Gasteiger partial charge in [0.2, 0.25) is 0 Å². The van der Waals surface area contributed by atoms with Gasteiger partial charge in [-0.25, -0.2) is 4.98 Å². The van der Waals surface area contributed by atoms with Gasteiger partial charge in [-0.05, 0) is 18.4 Å². The Morgan fingerprint density at radius 2 is 2.25 bits per heavy atom. The van der Waals surface area contributed by atoms with E-state index < -0.39 is 0 Å². The first-order valence-electron chi connectivity index (χ1n) is 5.38. The van der Waals surface area contributed by atoms with Gasteiger partial charge >= 0.3 is 0 Å². The SMILES string of the molecule is C/C=C(\C=NC)c1cc2cccc3c2c-3n1. The number of hydrogen-bond donors (Lipinski definition) is 0. The fourth-order valence-electron chi connectivity index (χ4n) is 2.09. The van der Waals surface area contributed by atoms with Crippen LogP contribution in [0.25, 0.3) is 27.6 Å². The lowest BCUT2D eigenvalue weighted by molar-refractivity contribution is 1.35. The lowest BCUT2D eigenvalue weighted by Gasteiger charge is -1.99. The molecular formula is C14H12N2. The van der Waals surface area contributed by atoms with Crippen molar-refractivity contribution in [3.8, 4) is 11.3 Å². The largest absolute Gasteiger partial charge is 0.296 e. The van der Waals surface area contributed by atoms with Gasteiger partial charge in [-0.15, -0.1) is 0 Å². The molecule has 0 atom stereocenters. The molecule has 0 bridgehead atoms. The van der Waals surface area contributed by atoms with Crippen molar-refractivity contribution in [2.75, 3.05) is 7.05 Å². The van der Waals surface area contributed by atoms with Gasteiger partial charge < -0.3 is 0 Å². The molecule has 78 valence electrons. The molecule has 1 heterocycles. The highest BCUT2D eigenvalue weighted by molar-refractivity contribution is 6.20. The van der Waals surface area contributed by atoms with Crippen molar-refractivity contribution in [1.82, 2.24) is 4.98 Å². The maximum atomic E-state index is 4.64. The van der Waals surface area contributed by atoms with Gasteiger partial charge in [0.15, 0.2) is 0 Å². The van der Waals surface area contributed by atoms with Crippen LogP contribution in [0, 0.1) is 0 Å². The minimum atomic E-state index is 1.01. The van der Waals surface area contributed by atoms with E-state index in [4.69, 9.17) is 0 Å². The Labute approximate surface area is 94.4 Å². The molecule has 3 rings (SSSR count). The van der Waals surface area contributed by atoms with Crippen molar-refractivity contribution >= 4 is 22.6 Å². The monoisotopic (exact) mass is 208 g/mol. The molecule has 1 aromatic carbocycles. The summed E-state index contributed by atoms with van der Waals surface area (Å²) in [5.74, 6) is 0. The molecular weight excluding hydrogens is 196 g/mol. The van der Waals surface area contributed by atoms with E-state index in [2.05, 4.69) is 34.2 Å². The molecule has 1 aliphatic carbocycles. The molecule has 2 aromatic rings. The highest BCUT2D eigenvalue weighted by atomic mass is 14.8. The lowest BCUT2D eigenvalue weighted by Crippen LogP contribution is -1.88. The predicted octanol–water partition coefficient (Wildman–Crippen LogP) is 3.32. The summed E-state index contributed by atoms with van der Waals surface area (Å²) in [4.78, 5) is 8.69. The third-order valence-corrected chi connectivity index (χ3v) is 2.93. The third kappa shape index (κ3) is 1.20. The minimum absolute atomic E-state index is 1.01. The number of pyridine rings is 1. The van der Waals surface area contributed by atoms with Crippen LogP contribution in [0.1, 0.15) is 12.6 Å². The fraction of sp³-hybridized carbons (Fsp3) is 0.143. The summed E-state index contributed by atoms with van der Waals surface area (Å²) < 4.78 is 0. The van der Waals surface area contributed by atoms with E-state index in [1.165, 1.54) is 16.3 Å². The first-order valence-corrected chi connectivity index (χ1v) is 5.38. The van der Waals surface area contributed by atoms with Crippen molar-refractivity contribution in [2.24, 2.45) is 4.99 Å². The number of aliphatic imine (C=N–C) groups is 1. The fourth-order valence-corrected chi connectivity index (χ4v) is 2.09. The molecule has 1 aromatic heterocycles. The molecule has 0 unspecified atom stereocenters. The summed E-state index contributed by atoms with van der Waals surface area (Å²) in [6, 6.07) is 8.47. The summed E-state index contributed by atoms with van der Waals surface area (Å²) in [5.41, 5.74) is 4.54. The van der Waals surface area contributed by atoms with Gasteiger partial charge in [0, 0.05) is 29.8 Å². The summed E-state index contributed by atoms with van der Waals surface area (Å²) in [6.07, 6.45) is 3.89. The van der Waals surface area contributed by atoms with Crippen LogP contribution in [0.2, 0.25) is 0 Å². The lowest BCUT2D eigenvalue weighted by atomic mass is 10.1. The van der Waals surface area contributed by atoms with Gasteiger partial charge in [-0.1, -0.05) is 24.3 Å². The first-order chi connectivity index (χ1) is 7.85. The zero-order valence-electron chi connectivity index (χ0n) is 9.36. The molecule has 0 saturated carbocycles. The van der Waals surface area contributed by atoms with Crippen LogP contribution in [0.3, 0.4) is 0 Å². The molecule has 2 nitrogen and oxygen atoms in total. The van der Waals surface area contributed by atoms with Crippen LogP contribution in [-0.2, 0) is 0 Å². The number of aromatic nitrogens is 1. The van der Waals surface area contributed by atoms with Crippen molar-refractivity contribution in [3.63, 3.8) is 0 Å². The Kier molecular flexibility index (Phi) is 1.90. The Morgan fingerprint density at radius 3 is 3.00 bits per heavy atom. The van der Waals surface area contributed by atoms with Crippen molar-refractivity contribution in [1.29, 1.82) is 0 Å². The maximum Gasteiger partial charge on any atom is 0.0801 e. The average Bonchev–Trinajstić information content (AvgIpc) is 3.02. The molecule has 0 radical (unpaired) electrons. The van der Waals surface area contributed by atoms with Gasteiger partial charge in [-0.2, -0.15) is 0 Å². The molecule has 0 spiro atoms. The summed E-state index contributed by atoms with van der Waals surface area (Å²) in [5, 5.41) is 2.61. The van der Waals surface area contributed by atoms with Crippen molar-refractivity contribution in [2.45, 2.75) is 6.92 Å². The van der Waals surface area contributed by atoms with Crippen LogP contribution >= 0.6 is 0 Å². The Bertz CT molecular complexity index is 636. The number of hydrogen-bond acceptors (Lipinski definition) is 2. The van der Waals surface area contributed by atoms with Crippen LogP contribution in [0.5, 0.6) is 0 Å². The molecule has 0 amide bonds. The van der Waals surface area contributed by atoms with E-state index in [0.29, 0.717) is 0 Å². The highest BCUT2D eigenvalue weighted by Crippen LogP contribution is 2.45. The quantitative estimate of drug-likeness (QED) is 0.593. The van der Waals surface area contributed by atoms with E-state index in [1.54, 1.807) is 7.05 Å². The zero-order valence-corrected chi connectivity index (χ0v) is 9.36. The van der Waals surface area contributed by atoms with E-state index >= 15 is 0 Å². The smallest absolute Gasteiger partial charge is 0.0801 e. The summed E-state index contributed by atoms with van der Waals surface area (Å²) in [6.45, 7) is 2.01. The second-order valence-electron chi connectivity index (χ2n) is 3.89. The van der Waals surface area contributed by atoms with Crippen molar-refractivity contribution in [3.05, 3.63) is 36.0 Å². The van der Waals surface area contributed by atoms with Gasteiger partial charge in [0.05, 0.1) is 11.4 Å². The molecule has 16 heavy (non-hydrogen) atoms. The molecule has 0 fully saturated rings. The predicted molar refractivity (Wildman–Crippen MR) is 68.8 cm³/mol. The van der Waals surface area contributed by atoms with Crippen LogP contribution in [0.4, 0.5) is 0 Å². The third-order valence-electron chi connectivity index (χ3n) is 2.93. The second-order valence-corrected chi connectivity index (χ2v) is 3.89. The molecule has 1 aliphatic rings. The average molecular weight is 208 g/mol. The number of fused-ring (bicyclic) bond motifs is 1. The summed E-state index contributed by atoms with van der Waals surface area (Å²) >= 11 is 0.